The molecule has 0 fully saturated rings. The standard InChI is InChI=1S/C12H12F3N3O2S/c1-6(2)5-21-11-17-16-9-7(10(19)20)3-4-8(18(9)11)12(13,14)15/h3-4,6H,5H2,1-2H3,(H,19,20). The predicted octanol–water partition coefficient (Wildman–Crippen LogP) is 3.19. The lowest BCUT2D eigenvalue weighted by Gasteiger charge is -2.12. The molecule has 21 heavy (non-hydrogen) atoms. The Balaban J connectivity index is 2.66. The Morgan fingerprint density at radius 2 is 2.05 bits per heavy atom. The molecule has 2 aromatic rings. The molecule has 0 aliphatic heterocycles. The van der Waals surface area contributed by atoms with Crippen LogP contribution in [0.25, 0.3) is 5.65 Å². The molecule has 2 aromatic heterocycles. The van der Waals surface area contributed by atoms with Gasteiger partial charge in [0.05, 0.1) is 0 Å². The smallest absolute Gasteiger partial charge is 0.431 e. The first kappa shape index (κ1) is 15.6. The van der Waals surface area contributed by atoms with E-state index in [-0.39, 0.29) is 22.3 Å². The Morgan fingerprint density at radius 1 is 1.38 bits per heavy atom. The van der Waals surface area contributed by atoms with Crippen LogP contribution in [0.1, 0.15) is 29.9 Å². The fourth-order valence-corrected chi connectivity index (χ4v) is 2.59. The van der Waals surface area contributed by atoms with Crippen LogP contribution >= 0.6 is 11.8 Å². The lowest BCUT2D eigenvalue weighted by atomic mass is 10.2. The lowest BCUT2D eigenvalue weighted by molar-refractivity contribution is -0.142. The van der Waals surface area contributed by atoms with Crippen molar-refractivity contribution in [3.63, 3.8) is 0 Å². The number of carboxylic acids is 1. The number of hydrogen-bond donors (Lipinski definition) is 1. The molecule has 0 amide bonds. The van der Waals surface area contributed by atoms with Gasteiger partial charge in [-0.25, -0.2) is 4.79 Å². The maximum atomic E-state index is 13.1. The number of thioether (sulfide) groups is 1. The van der Waals surface area contributed by atoms with Gasteiger partial charge >= 0.3 is 12.1 Å². The molecule has 114 valence electrons. The number of alkyl halides is 3. The highest BCUT2D eigenvalue weighted by Gasteiger charge is 2.35. The zero-order valence-electron chi connectivity index (χ0n) is 11.2. The first-order chi connectivity index (χ1) is 9.71. The summed E-state index contributed by atoms with van der Waals surface area (Å²) in [6, 6.07) is 1.63. The van der Waals surface area contributed by atoms with Crippen LogP contribution in [0.3, 0.4) is 0 Å². The summed E-state index contributed by atoms with van der Waals surface area (Å²) in [4.78, 5) is 11.1. The maximum Gasteiger partial charge on any atom is 0.431 e. The number of fused-ring (bicyclic) bond motifs is 1. The molecule has 0 radical (unpaired) electrons. The number of pyridine rings is 1. The Bertz CT molecular complexity index is 682. The molecule has 9 heteroatoms. The minimum Gasteiger partial charge on any atom is -0.478 e. The SMILES string of the molecule is CC(C)CSc1nnc2c(C(=O)O)ccc(C(F)(F)F)n12. The third kappa shape index (κ3) is 3.12. The molecule has 1 N–H and O–H groups in total. The number of carbonyl (C=O) groups is 1. The van der Waals surface area contributed by atoms with Gasteiger partial charge in [-0.2, -0.15) is 13.2 Å². The van der Waals surface area contributed by atoms with E-state index in [1.54, 1.807) is 0 Å². The van der Waals surface area contributed by atoms with Crippen LogP contribution in [-0.4, -0.2) is 31.4 Å². The fourth-order valence-electron chi connectivity index (χ4n) is 1.70. The summed E-state index contributed by atoms with van der Waals surface area (Å²) in [5.74, 6) is -0.545. The zero-order chi connectivity index (χ0) is 15.8. The molecule has 0 saturated carbocycles. The molecule has 0 bridgehead atoms. The quantitative estimate of drug-likeness (QED) is 0.877. The van der Waals surface area contributed by atoms with Crippen molar-refractivity contribution >= 4 is 23.4 Å². The highest BCUT2D eigenvalue weighted by molar-refractivity contribution is 7.99. The Kier molecular flexibility index (Phi) is 4.13. The van der Waals surface area contributed by atoms with Crippen LogP contribution in [0, 0.1) is 5.92 Å². The van der Waals surface area contributed by atoms with Gasteiger partial charge in [-0.1, -0.05) is 25.6 Å². The summed E-state index contributed by atoms with van der Waals surface area (Å²) in [6.07, 6.45) is -4.62. The highest BCUT2D eigenvalue weighted by atomic mass is 32.2. The Morgan fingerprint density at radius 3 is 2.57 bits per heavy atom. The number of halogens is 3. The molecule has 0 aromatic carbocycles. The van der Waals surface area contributed by atoms with Crippen LogP contribution < -0.4 is 0 Å². The predicted molar refractivity (Wildman–Crippen MR) is 70.5 cm³/mol. The molecule has 2 heterocycles. The van der Waals surface area contributed by atoms with E-state index in [4.69, 9.17) is 5.11 Å². The van der Waals surface area contributed by atoms with E-state index in [0.717, 1.165) is 28.3 Å². The van der Waals surface area contributed by atoms with Gasteiger partial charge in [-0.3, -0.25) is 4.40 Å². The van der Waals surface area contributed by atoms with E-state index in [9.17, 15) is 18.0 Å². The van der Waals surface area contributed by atoms with Crippen LogP contribution in [0.5, 0.6) is 0 Å². The molecular formula is C12H12F3N3O2S. The van der Waals surface area contributed by atoms with Crippen molar-refractivity contribution in [2.75, 3.05) is 5.75 Å². The van der Waals surface area contributed by atoms with Crippen molar-refractivity contribution in [3.05, 3.63) is 23.4 Å². The average molecular weight is 319 g/mol. The number of aromatic nitrogens is 3. The van der Waals surface area contributed by atoms with Gasteiger partial charge in [0.2, 0.25) is 0 Å². The van der Waals surface area contributed by atoms with E-state index in [1.165, 1.54) is 0 Å². The summed E-state index contributed by atoms with van der Waals surface area (Å²) < 4.78 is 40.0. The summed E-state index contributed by atoms with van der Waals surface area (Å²) in [7, 11) is 0. The monoisotopic (exact) mass is 319 g/mol. The van der Waals surface area contributed by atoms with E-state index >= 15 is 0 Å². The largest absolute Gasteiger partial charge is 0.478 e. The number of aromatic carboxylic acids is 1. The molecule has 0 spiro atoms. The molecular weight excluding hydrogens is 307 g/mol. The molecule has 0 atom stereocenters. The van der Waals surface area contributed by atoms with Crippen molar-refractivity contribution in [2.45, 2.75) is 25.2 Å². The number of nitrogens with zero attached hydrogens (tertiary/aromatic N) is 3. The molecule has 0 aliphatic rings. The average Bonchev–Trinajstić information content (AvgIpc) is 2.77. The second kappa shape index (κ2) is 5.55. The molecule has 0 aliphatic carbocycles. The minimum atomic E-state index is -4.62. The summed E-state index contributed by atoms with van der Waals surface area (Å²) in [6.45, 7) is 3.84. The number of hydrogen-bond acceptors (Lipinski definition) is 4. The van der Waals surface area contributed by atoms with E-state index in [0.29, 0.717) is 5.75 Å². The first-order valence-electron chi connectivity index (χ1n) is 6.03. The second-order valence-electron chi connectivity index (χ2n) is 4.78. The minimum absolute atomic E-state index is 0.0362. The van der Waals surface area contributed by atoms with Gasteiger partial charge in [0.25, 0.3) is 0 Å². The van der Waals surface area contributed by atoms with Crippen molar-refractivity contribution in [1.82, 2.24) is 14.6 Å². The van der Waals surface area contributed by atoms with E-state index in [1.807, 2.05) is 13.8 Å². The first-order valence-corrected chi connectivity index (χ1v) is 7.01. The van der Waals surface area contributed by atoms with Crippen LogP contribution in [0.2, 0.25) is 0 Å². The normalized spacial score (nSPS) is 12.3. The van der Waals surface area contributed by atoms with Gasteiger partial charge in [0, 0.05) is 5.75 Å². The molecule has 5 nitrogen and oxygen atoms in total. The fraction of sp³-hybridized carbons (Fsp3) is 0.417. The van der Waals surface area contributed by atoms with E-state index in [2.05, 4.69) is 10.2 Å². The van der Waals surface area contributed by atoms with Crippen molar-refractivity contribution < 1.29 is 23.1 Å². The van der Waals surface area contributed by atoms with Crippen LogP contribution in [-0.2, 0) is 6.18 Å². The van der Waals surface area contributed by atoms with Crippen molar-refractivity contribution in [3.8, 4) is 0 Å². The summed E-state index contributed by atoms with van der Waals surface area (Å²) in [5.41, 5.74) is -1.60. The third-order valence-corrected chi connectivity index (χ3v) is 3.95. The van der Waals surface area contributed by atoms with Gasteiger partial charge in [-0.05, 0) is 18.1 Å². The summed E-state index contributed by atoms with van der Waals surface area (Å²) in [5, 5.41) is 16.4. The molecule has 0 saturated heterocycles. The van der Waals surface area contributed by atoms with Crippen molar-refractivity contribution in [2.24, 2.45) is 5.92 Å². The number of rotatable bonds is 4. The third-order valence-electron chi connectivity index (χ3n) is 2.59. The van der Waals surface area contributed by atoms with Gasteiger partial charge in [0.15, 0.2) is 10.8 Å². The van der Waals surface area contributed by atoms with Crippen LogP contribution in [0.4, 0.5) is 13.2 Å². The zero-order valence-corrected chi connectivity index (χ0v) is 12.0. The lowest BCUT2D eigenvalue weighted by Crippen LogP contribution is -2.14. The van der Waals surface area contributed by atoms with Gasteiger partial charge in [0.1, 0.15) is 11.3 Å². The van der Waals surface area contributed by atoms with Crippen LogP contribution in [0.15, 0.2) is 17.3 Å². The maximum absolute atomic E-state index is 13.1. The molecule has 2 rings (SSSR count). The Hall–Kier alpha value is -1.77. The highest BCUT2D eigenvalue weighted by Crippen LogP contribution is 2.33. The number of carboxylic acid groups (broad SMARTS) is 1. The van der Waals surface area contributed by atoms with Gasteiger partial charge < -0.3 is 5.11 Å². The van der Waals surface area contributed by atoms with Crippen molar-refractivity contribution in [1.29, 1.82) is 0 Å². The Labute approximate surface area is 122 Å². The second-order valence-corrected chi connectivity index (χ2v) is 5.77. The molecule has 0 unspecified atom stereocenters. The topological polar surface area (TPSA) is 67.5 Å². The van der Waals surface area contributed by atoms with Gasteiger partial charge in [-0.15, -0.1) is 10.2 Å². The van der Waals surface area contributed by atoms with E-state index < -0.39 is 17.8 Å². The summed E-state index contributed by atoms with van der Waals surface area (Å²) >= 11 is 1.11.